The highest BCUT2D eigenvalue weighted by Crippen LogP contribution is 2.29. The largest absolute Gasteiger partial charge is 0.418 e. The molecular weight excluding hydrogens is 157 g/mol. The maximum absolute atomic E-state index is 12.0. The molecule has 0 bridgehead atoms. The second kappa shape index (κ2) is 2.48. The molecule has 0 N–H and O–H groups in total. The van der Waals surface area contributed by atoms with Crippen molar-refractivity contribution in [1.82, 2.24) is 10.2 Å². The van der Waals surface area contributed by atoms with Crippen molar-refractivity contribution in [2.45, 2.75) is 13.1 Å². The van der Waals surface area contributed by atoms with Crippen LogP contribution < -0.4 is 0 Å². The molecule has 1 rings (SSSR count). The van der Waals surface area contributed by atoms with Crippen LogP contribution in [0.3, 0.4) is 0 Å². The van der Waals surface area contributed by atoms with Crippen LogP contribution in [-0.2, 0) is 6.18 Å². The lowest BCUT2D eigenvalue weighted by Crippen LogP contribution is -2.08. The van der Waals surface area contributed by atoms with Gasteiger partial charge in [-0.05, 0) is 13.0 Å². The molecule has 0 spiro atoms. The average molecular weight is 162 g/mol. The lowest BCUT2D eigenvalue weighted by Gasteiger charge is -2.06. The number of alkyl halides is 3. The number of aromatic nitrogens is 2. The summed E-state index contributed by atoms with van der Waals surface area (Å²) in [5.74, 6) is 0. The topological polar surface area (TPSA) is 25.8 Å². The zero-order valence-corrected chi connectivity index (χ0v) is 5.68. The first kappa shape index (κ1) is 7.97. The van der Waals surface area contributed by atoms with E-state index in [4.69, 9.17) is 0 Å². The Morgan fingerprint density at radius 2 is 2.00 bits per heavy atom. The molecule has 1 heterocycles. The molecule has 1 aromatic heterocycles. The van der Waals surface area contributed by atoms with Crippen LogP contribution in [-0.4, -0.2) is 10.2 Å². The van der Waals surface area contributed by atoms with E-state index in [0.717, 1.165) is 12.3 Å². The molecule has 0 unspecified atom stereocenters. The van der Waals surface area contributed by atoms with Gasteiger partial charge >= 0.3 is 6.18 Å². The van der Waals surface area contributed by atoms with Crippen LogP contribution in [0.15, 0.2) is 12.3 Å². The lowest BCUT2D eigenvalue weighted by molar-refractivity contribution is -0.138. The van der Waals surface area contributed by atoms with Crippen LogP contribution in [0.5, 0.6) is 0 Å². The average Bonchev–Trinajstić information content (AvgIpc) is 1.86. The van der Waals surface area contributed by atoms with Crippen molar-refractivity contribution in [3.05, 3.63) is 23.5 Å². The third-order valence-corrected chi connectivity index (χ3v) is 1.21. The molecular formula is C6H5F3N2. The first-order valence-corrected chi connectivity index (χ1v) is 2.87. The Bertz CT molecular complexity index is 256. The molecule has 0 saturated heterocycles. The van der Waals surface area contributed by atoms with Gasteiger partial charge in [-0.15, -0.1) is 0 Å². The van der Waals surface area contributed by atoms with E-state index in [0.29, 0.717) is 0 Å². The minimum atomic E-state index is -4.32. The fourth-order valence-electron chi connectivity index (χ4n) is 0.702. The molecule has 0 aliphatic rings. The summed E-state index contributed by atoms with van der Waals surface area (Å²) >= 11 is 0. The van der Waals surface area contributed by atoms with Crippen molar-refractivity contribution in [1.29, 1.82) is 0 Å². The smallest absolute Gasteiger partial charge is 0.166 e. The van der Waals surface area contributed by atoms with E-state index in [2.05, 4.69) is 10.2 Å². The van der Waals surface area contributed by atoms with Crippen LogP contribution in [0, 0.1) is 6.92 Å². The third kappa shape index (κ3) is 1.66. The molecule has 0 aliphatic carbocycles. The molecule has 0 saturated carbocycles. The van der Waals surface area contributed by atoms with Gasteiger partial charge in [0.2, 0.25) is 0 Å². The van der Waals surface area contributed by atoms with E-state index in [9.17, 15) is 13.2 Å². The van der Waals surface area contributed by atoms with E-state index in [-0.39, 0.29) is 5.69 Å². The maximum atomic E-state index is 12.0. The number of aryl methyl sites for hydroxylation is 1. The van der Waals surface area contributed by atoms with Gasteiger partial charge in [0.1, 0.15) is 0 Å². The SMILES string of the molecule is Cc1nnccc1C(F)(F)F. The highest BCUT2D eigenvalue weighted by atomic mass is 19.4. The molecule has 1 aromatic rings. The van der Waals surface area contributed by atoms with Crippen LogP contribution >= 0.6 is 0 Å². The summed E-state index contributed by atoms with van der Waals surface area (Å²) in [5, 5.41) is 6.58. The summed E-state index contributed by atoms with van der Waals surface area (Å²) in [6, 6.07) is 0.905. The molecule has 11 heavy (non-hydrogen) atoms. The molecule has 0 atom stereocenters. The molecule has 60 valence electrons. The van der Waals surface area contributed by atoms with Gasteiger partial charge in [0.15, 0.2) is 0 Å². The van der Waals surface area contributed by atoms with Crippen LogP contribution in [0.25, 0.3) is 0 Å². The maximum Gasteiger partial charge on any atom is 0.418 e. The summed E-state index contributed by atoms with van der Waals surface area (Å²) in [6.45, 7) is 1.27. The standard InChI is InChI=1S/C6H5F3N2/c1-4-5(6(7,8)9)2-3-10-11-4/h2-3H,1H3. The van der Waals surface area contributed by atoms with Gasteiger partial charge in [0.05, 0.1) is 17.5 Å². The molecule has 5 heteroatoms. The molecule has 0 radical (unpaired) electrons. The highest BCUT2D eigenvalue weighted by molar-refractivity contribution is 5.18. The van der Waals surface area contributed by atoms with Gasteiger partial charge in [0, 0.05) is 0 Å². The predicted molar refractivity (Wildman–Crippen MR) is 31.8 cm³/mol. The van der Waals surface area contributed by atoms with E-state index < -0.39 is 11.7 Å². The summed E-state index contributed by atoms with van der Waals surface area (Å²) in [6.07, 6.45) is -3.30. The Labute approximate surface area is 61.1 Å². The van der Waals surface area contributed by atoms with Crippen molar-refractivity contribution in [3.8, 4) is 0 Å². The Morgan fingerprint density at radius 1 is 1.36 bits per heavy atom. The number of hydrogen-bond acceptors (Lipinski definition) is 2. The number of hydrogen-bond donors (Lipinski definition) is 0. The van der Waals surface area contributed by atoms with Crippen LogP contribution in [0.2, 0.25) is 0 Å². The Morgan fingerprint density at radius 3 is 2.36 bits per heavy atom. The van der Waals surface area contributed by atoms with Gasteiger partial charge in [-0.1, -0.05) is 0 Å². The van der Waals surface area contributed by atoms with E-state index in [1.54, 1.807) is 0 Å². The normalized spacial score (nSPS) is 11.6. The number of nitrogens with zero attached hydrogens (tertiary/aromatic N) is 2. The quantitative estimate of drug-likeness (QED) is 0.581. The molecule has 0 amide bonds. The monoisotopic (exact) mass is 162 g/mol. The van der Waals surface area contributed by atoms with Crippen LogP contribution in [0.4, 0.5) is 13.2 Å². The predicted octanol–water partition coefficient (Wildman–Crippen LogP) is 1.80. The minimum absolute atomic E-state index is 0.0972. The Kier molecular flexibility index (Phi) is 1.80. The minimum Gasteiger partial charge on any atom is -0.166 e. The summed E-state index contributed by atoms with van der Waals surface area (Å²) in [5.41, 5.74) is -0.826. The lowest BCUT2D eigenvalue weighted by atomic mass is 10.2. The summed E-state index contributed by atoms with van der Waals surface area (Å²) in [7, 11) is 0. The molecule has 0 aliphatic heterocycles. The first-order chi connectivity index (χ1) is 5.02. The third-order valence-electron chi connectivity index (χ3n) is 1.21. The molecule has 0 aromatic carbocycles. The highest BCUT2D eigenvalue weighted by Gasteiger charge is 2.32. The summed E-state index contributed by atoms with van der Waals surface area (Å²) < 4.78 is 35.9. The van der Waals surface area contributed by atoms with Crippen molar-refractivity contribution in [2.75, 3.05) is 0 Å². The van der Waals surface area contributed by atoms with Crippen molar-refractivity contribution in [3.63, 3.8) is 0 Å². The second-order valence-electron chi connectivity index (χ2n) is 2.03. The van der Waals surface area contributed by atoms with Gasteiger partial charge in [-0.2, -0.15) is 23.4 Å². The Hall–Kier alpha value is -1.13. The zero-order valence-electron chi connectivity index (χ0n) is 5.68. The zero-order chi connectivity index (χ0) is 8.48. The van der Waals surface area contributed by atoms with E-state index >= 15 is 0 Å². The van der Waals surface area contributed by atoms with E-state index in [1.165, 1.54) is 6.92 Å². The fourth-order valence-corrected chi connectivity index (χ4v) is 0.702. The van der Waals surface area contributed by atoms with E-state index in [1.807, 2.05) is 0 Å². The Balaban J connectivity index is 3.14. The number of halogens is 3. The second-order valence-corrected chi connectivity index (χ2v) is 2.03. The van der Waals surface area contributed by atoms with Crippen molar-refractivity contribution >= 4 is 0 Å². The van der Waals surface area contributed by atoms with Crippen molar-refractivity contribution in [2.24, 2.45) is 0 Å². The molecule has 0 fully saturated rings. The van der Waals surface area contributed by atoms with Gasteiger partial charge < -0.3 is 0 Å². The fraction of sp³-hybridized carbons (Fsp3) is 0.333. The van der Waals surface area contributed by atoms with Gasteiger partial charge in [-0.3, -0.25) is 0 Å². The number of rotatable bonds is 0. The molecule has 2 nitrogen and oxygen atoms in total. The van der Waals surface area contributed by atoms with Gasteiger partial charge in [-0.25, -0.2) is 0 Å². The van der Waals surface area contributed by atoms with Gasteiger partial charge in [0.25, 0.3) is 0 Å². The van der Waals surface area contributed by atoms with Crippen molar-refractivity contribution < 1.29 is 13.2 Å². The summed E-state index contributed by atoms with van der Waals surface area (Å²) in [4.78, 5) is 0. The first-order valence-electron chi connectivity index (χ1n) is 2.87. The van der Waals surface area contributed by atoms with Crippen LogP contribution in [0.1, 0.15) is 11.3 Å².